The van der Waals surface area contributed by atoms with Gasteiger partial charge in [0.25, 0.3) is 0 Å². The van der Waals surface area contributed by atoms with Crippen molar-refractivity contribution in [2.24, 2.45) is 0 Å². The molecule has 0 aliphatic heterocycles. The lowest BCUT2D eigenvalue weighted by atomic mass is 9.92. The molecule has 0 aromatic heterocycles. The van der Waals surface area contributed by atoms with Crippen LogP contribution in [0.5, 0.6) is 0 Å². The molecule has 0 fully saturated rings. The van der Waals surface area contributed by atoms with Crippen LogP contribution >= 0.6 is 0 Å². The summed E-state index contributed by atoms with van der Waals surface area (Å²) in [4.78, 5) is 0. The van der Waals surface area contributed by atoms with Crippen molar-refractivity contribution in [3.8, 4) is 11.1 Å². The van der Waals surface area contributed by atoms with Crippen molar-refractivity contribution in [1.29, 1.82) is 0 Å². The summed E-state index contributed by atoms with van der Waals surface area (Å²) in [5.74, 6) is 0.573. The summed E-state index contributed by atoms with van der Waals surface area (Å²) in [5, 5.41) is 0. The summed E-state index contributed by atoms with van der Waals surface area (Å²) in [7, 11) is 0. The Hall–Kier alpha value is -2.34. The third-order valence-electron chi connectivity index (χ3n) is 4.79. The van der Waals surface area contributed by atoms with Gasteiger partial charge in [0.1, 0.15) is 0 Å². The van der Waals surface area contributed by atoms with Gasteiger partial charge in [0.2, 0.25) is 0 Å². The van der Waals surface area contributed by atoms with Gasteiger partial charge in [0.15, 0.2) is 0 Å². The lowest BCUT2D eigenvalue weighted by Gasteiger charge is -2.13. The van der Waals surface area contributed by atoms with E-state index in [0.29, 0.717) is 5.92 Å². The van der Waals surface area contributed by atoms with E-state index in [2.05, 4.69) is 94.5 Å². The standard InChI is InChI=1S/C24H26/c1-17(2)20-12-14-21(15-13-20)22-11-10-19(4)24(16-22)23-9-7-5-6-8-18(23)3/h6-17H,5H2,1-4H3. The molecule has 0 spiro atoms. The molecule has 0 saturated heterocycles. The van der Waals surface area contributed by atoms with Gasteiger partial charge in [-0.25, -0.2) is 0 Å². The summed E-state index contributed by atoms with van der Waals surface area (Å²) >= 11 is 0. The van der Waals surface area contributed by atoms with Crippen molar-refractivity contribution in [2.45, 2.75) is 40.0 Å². The molecule has 0 unspecified atom stereocenters. The molecule has 2 aromatic rings. The topological polar surface area (TPSA) is 0 Å². The number of hydrogen-bond acceptors (Lipinski definition) is 0. The second-order valence-electron chi connectivity index (χ2n) is 6.94. The Morgan fingerprint density at radius 1 is 0.792 bits per heavy atom. The van der Waals surface area contributed by atoms with Crippen molar-refractivity contribution in [3.05, 3.63) is 89.0 Å². The summed E-state index contributed by atoms with van der Waals surface area (Å²) in [6.45, 7) is 8.87. The van der Waals surface area contributed by atoms with Crippen LogP contribution in [0.25, 0.3) is 16.7 Å². The lowest BCUT2D eigenvalue weighted by molar-refractivity contribution is 0.867. The van der Waals surface area contributed by atoms with Gasteiger partial charge < -0.3 is 0 Å². The molecule has 122 valence electrons. The maximum atomic E-state index is 2.34. The highest BCUT2D eigenvalue weighted by molar-refractivity contribution is 5.83. The SMILES string of the molecule is CC1=C(c2cc(-c3ccc(C(C)C)cc3)ccc2C)C=CCC=C1. The van der Waals surface area contributed by atoms with Crippen LogP contribution in [0.15, 0.2) is 72.3 Å². The Labute approximate surface area is 146 Å². The second kappa shape index (κ2) is 7.05. The van der Waals surface area contributed by atoms with E-state index in [9.17, 15) is 0 Å². The van der Waals surface area contributed by atoms with Gasteiger partial charge in [-0.2, -0.15) is 0 Å². The normalized spacial score (nSPS) is 14.4. The van der Waals surface area contributed by atoms with Crippen molar-refractivity contribution in [1.82, 2.24) is 0 Å². The van der Waals surface area contributed by atoms with Gasteiger partial charge in [-0.05, 0) is 71.2 Å². The monoisotopic (exact) mass is 314 g/mol. The summed E-state index contributed by atoms with van der Waals surface area (Å²) in [6, 6.07) is 15.8. The zero-order chi connectivity index (χ0) is 17.1. The van der Waals surface area contributed by atoms with E-state index in [0.717, 1.165) is 6.42 Å². The fraction of sp³-hybridized carbons (Fsp3) is 0.250. The molecule has 1 aliphatic carbocycles. The smallest absolute Gasteiger partial charge is 0.0146 e. The molecular formula is C24H26. The summed E-state index contributed by atoms with van der Waals surface area (Å²) < 4.78 is 0. The summed E-state index contributed by atoms with van der Waals surface area (Å²) in [6.07, 6.45) is 9.98. The molecule has 3 rings (SSSR count). The lowest BCUT2D eigenvalue weighted by Crippen LogP contribution is -1.92. The molecule has 24 heavy (non-hydrogen) atoms. The highest BCUT2D eigenvalue weighted by atomic mass is 14.1. The largest absolute Gasteiger partial charge is 0.0805 e. The maximum Gasteiger partial charge on any atom is -0.0146 e. The first-order valence-electron chi connectivity index (χ1n) is 8.81. The Kier molecular flexibility index (Phi) is 4.85. The number of allylic oxidation sites excluding steroid dienone is 6. The highest BCUT2D eigenvalue weighted by Crippen LogP contribution is 2.31. The zero-order valence-corrected chi connectivity index (χ0v) is 15.1. The minimum atomic E-state index is 0.573. The number of hydrogen-bond donors (Lipinski definition) is 0. The predicted molar refractivity (Wildman–Crippen MR) is 106 cm³/mol. The Morgan fingerprint density at radius 2 is 1.46 bits per heavy atom. The van der Waals surface area contributed by atoms with Crippen LogP contribution in [0.4, 0.5) is 0 Å². The van der Waals surface area contributed by atoms with Gasteiger partial charge in [-0.15, -0.1) is 0 Å². The predicted octanol–water partition coefficient (Wildman–Crippen LogP) is 7.08. The molecule has 0 bridgehead atoms. The summed E-state index contributed by atoms with van der Waals surface area (Å²) in [5.41, 5.74) is 9.29. The van der Waals surface area contributed by atoms with Gasteiger partial charge in [0.05, 0.1) is 0 Å². The van der Waals surface area contributed by atoms with E-state index in [1.807, 2.05) is 0 Å². The fourth-order valence-corrected chi connectivity index (χ4v) is 3.18. The van der Waals surface area contributed by atoms with Crippen LogP contribution in [0.1, 0.15) is 49.8 Å². The van der Waals surface area contributed by atoms with Crippen LogP contribution in [0.2, 0.25) is 0 Å². The van der Waals surface area contributed by atoms with Gasteiger partial charge in [0, 0.05) is 0 Å². The van der Waals surface area contributed by atoms with E-state index < -0.39 is 0 Å². The molecule has 1 aliphatic rings. The van der Waals surface area contributed by atoms with Crippen LogP contribution in [-0.4, -0.2) is 0 Å². The first-order valence-corrected chi connectivity index (χ1v) is 8.81. The Balaban J connectivity index is 2.05. The molecule has 0 heterocycles. The maximum absolute atomic E-state index is 2.34. The molecule has 0 atom stereocenters. The zero-order valence-electron chi connectivity index (χ0n) is 15.1. The van der Waals surface area contributed by atoms with E-state index in [1.165, 1.54) is 39.0 Å². The number of benzene rings is 2. The Morgan fingerprint density at radius 3 is 2.17 bits per heavy atom. The minimum absolute atomic E-state index is 0.573. The molecule has 2 aromatic carbocycles. The molecule has 0 N–H and O–H groups in total. The molecule has 0 heteroatoms. The molecule has 0 saturated carbocycles. The first-order chi connectivity index (χ1) is 11.6. The average molecular weight is 314 g/mol. The van der Waals surface area contributed by atoms with E-state index in [-0.39, 0.29) is 0 Å². The van der Waals surface area contributed by atoms with Gasteiger partial charge >= 0.3 is 0 Å². The van der Waals surface area contributed by atoms with Crippen LogP contribution < -0.4 is 0 Å². The molecule has 0 radical (unpaired) electrons. The average Bonchev–Trinajstić information content (AvgIpc) is 2.80. The number of aryl methyl sites for hydroxylation is 1. The van der Waals surface area contributed by atoms with Crippen LogP contribution in [0, 0.1) is 6.92 Å². The van der Waals surface area contributed by atoms with Gasteiger partial charge in [-0.1, -0.05) is 74.5 Å². The van der Waals surface area contributed by atoms with Crippen molar-refractivity contribution in [2.75, 3.05) is 0 Å². The minimum Gasteiger partial charge on any atom is -0.0805 e. The first kappa shape index (κ1) is 16.5. The third kappa shape index (κ3) is 3.43. The molecule has 0 nitrogen and oxygen atoms in total. The van der Waals surface area contributed by atoms with Crippen molar-refractivity contribution < 1.29 is 0 Å². The van der Waals surface area contributed by atoms with Crippen molar-refractivity contribution in [3.63, 3.8) is 0 Å². The molecule has 0 amide bonds. The van der Waals surface area contributed by atoms with E-state index in [4.69, 9.17) is 0 Å². The Bertz CT molecular complexity index is 812. The molecular weight excluding hydrogens is 288 g/mol. The second-order valence-corrected chi connectivity index (χ2v) is 6.94. The third-order valence-corrected chi connectivity index (χ3v) is 4.79. The van der Waals surface area contributed by atoms with Gasteiger partial charge in [-0.3, -0.25) is 0 Å². The van der Waals surface area contributed by atoms with E-state index >= 15 is 0 Å². The van der Waals surface area contributed by atoms with Crippen molar-refractivity contribution >= 4 is 5.57 Å². The highest BCUT2D eigenvalue weighted by Gasteiger charge is 2.09. The van der Waals surface area contributed by atoms with Crippen LogP contribution in [-0.2, 0) is 0 Å². The van der Waals surface area contributed by atoms with E-state index in [1.54, 1.807) is 0 Å². The fourth-order valence-electron chi connectivity index (χ4n) is 3.18. The van der Waals surface area contributed by atoms with Crippen LogP contribution in [0.3, 0.4) is 0 Å². The quantitative estimate of drug-likeness (QED) is 0.568. The number of rotatable bonds is 3.